The van der Waals surface area contributed by atoms with Gasteiger partial charge in [-0.15, -0.1) is 0 Å². The van der Waals surface area contributed by atoms with Gasteiger partial charge in [0.2, 0.25) is 0 Å². The Morgan fingerprint density at radius 2 is 1.71 bits per heavy atom. The average molecular weight is 493 g/mol. The molecule has 34 heavy (non-hydrogen) atoms. The molecule has 4 rings (SSSR count). The molecule has 1 fully saturated rings. The van der Waals surface area contributed by atoms with Crippen molar-refractivity contribution < 1.29 is 9.59 Å². The molecule has 1 aromatic heterocycles. The number of halogens is 1. The number of nitrogens with one attached hydrogen (secondary N) is 1. The average Bonchev–Trinajstić information content (AvgIpc) is 3.06. The molecule has 2 heterocycles. The van der Waals surface area contributed by atoms with Crippen molar-refractivity contribution in [2.75, 3.05) is 23.9 Å². The fourth-order valence-electron chi connectivity index (χ4n) is 4.10. The molecule has 0 bridgehead atoms. The molecule has 1 aliphatic rings. The largest absolute Gasteiger partial charge is 0.378 e. The Hall–Kier alpha value is -3.42. The van der Waals surface area contributed by atoms with Crippen LogP contribution in [0.2, 0.25) is 5.02 Å². The van der Waals surface area contributed by atoms with Crippen LogP contribution in [0, 0.1) is 20.8 Å². The molecule has 0 radical (unpaired) electrons. The van der Waals surface area contributed by atoms with Crippen molar-refractivity contribution in [3.8, 4) is 5.69 Å². The SMILES string of the molecule is Cc1c(Cl)cccc1N1C(=O)/C(=C/c2cc(C)n(-c3ccc(N(C)C)cc3)c2C)C(=O)NC1=S. The van der Waals surface area contributed by atoms with Gasteiger partial charge in [-0.3, -0.25) is 19.8 Å². The second-order valence-electron chi connectivity index (χ2n) is 8.41. The molecule has 0 saturated carbocycles. The van der Waals surface area contributed by atoms with E-state index in [4.69, 9.17) is 23.8 Å². The number of anilines is 2. The number of hydrogen-bond acceptors (Lipinski definition) is 4. The van der Waals surface area contributed by atoms with E-state index in [0.717, 1.165) is 28.3 Å². The monoisotopic (exact) mass is 492 g/mol. The van der Waals surface area contributed by atoms with E-state index in [9.17, 15) is 9.59 Å². The predicted octanol–water partition coefficient (Wildman–Crippen LogP) is 4.95. The molecule has 8 heteroatoms. The van der Waals surface area contributed by atoms with E-state index in [-0.39, 0.29) is 10.7 Å². The summed E-state index contributed by atoms with van der Waals surface area (Å²) in [5, 5.41) is 3.18. The summed E-state index contributed by atoms with van der Waals surface area (Å²) >= 11 is 11.6. The van der Waals surface area contributed by atoms with Gasteiger partial charge in [0.15, 0.2) is 5.11 Å². The smallest absolute Gasteiger partial charge is 0.270 e. The zero-order valence-corrected chi connectivity index (χ0v) is 21.2. The van der Waals surface area contributed by atoms with Crippen LogP contribution in [-0.2, 0) is 9.59 Å². The highest BCUT2D eigenvalue weighted by molar-refractivity contribution is 7.80. The minimum Gasteiger partial charge on any atom is -0.378 e. The topological polar surface area (TPSA) is 57.6 Å². The highest BCUT2D eigenvalue weighted by Gasteiger charge is 2.35. The first kappa shape index (κ1) is 23.7. The minimum atomic E-state index is -0.522. The van der Waals surface area contributed by atoms with Gasteiger partial charge in [0.1, 0.15) is 5.57 Å². The third-order valence-electron chi connectivity index (χ3n) is 5.98. The molecule has 2 aromatic carbocycles. The normalized spacial score (nSPS) is 15.2. The second-order valence-corrected chi connectivity index (χ2v) is 9.21. The van der Waals surface area contributed by atoms with Crippen LogP contribution < -0.4 is 15.1 Å². The molecule has 1 N–H and O–H groups in total. The number of aromatic nitrogens is 1. The molecule has 174 valence electrons. The highest BCUT2D eigenvalue weighted by atomic mass is 35.5. The van der Waals surface area contributed by atoms with Crippen LogP contribution in [0.3, 0.4) is 0 Å². The maximum Gasteiger partial charge on any atom is 0.270 e. The van der Waals surface area contributed by atoms with Crippen molar-refractivity contribution in [1.29, 1.82) is 0 Å². The zero-order chi connectivity index (χ0) is 24.7. The Morgan fingerprint density at radius 3 is 2.35 bits per heavy atom. The number of rotatable bonds is 4. The number of hydrogen-bond donors (Lipinski definition) is 1. The molecule has 3 aromatic rings. The standard InChI is InChI=1S/C26H25ClN4O2S/c1-15-13-18(17(3)30(15)20-11-9-19(10-12-20)29(4)5)14-21-24(32)28-26(34)31(25(21)33)23-8-6-7-22(27)16(23)2/h6-14H,1-5H3,(H,28,32,34)/b21-14+. The molecule has 1 saturated heterocycles. The van der Waals surface area contributed by atoms with E-state index in [1.54, 1.807) is 24.3 Å². The first-order chi connectivity index (χ1) is 16.1. The maximum atomic E-state index is 13.4. The summed E-state index contributed by atoms with van der Waals surface area (Å²) < 4.78 is 2.10. The molecule has 0 spiro atoms. The molecular formula is C26H25ClN4O2S. The van der Waals surface area contributed by atoms with Crippen molar-refractivity contribution in [2.24, 2.45) is 0 Å². The van der Waals surface area contributed by atoms with Crippen LogP contribution in [0.4, 0.5) is 11.4 Å². The Bertz CT molecular complexity index is 1360. The first-order valence-corrected chi connectivity index (χ1v) is 11.5. The van der Waals surface area contributed by atoms with E-state index in [0.29, 0.717) is 16.3 Å². The number of thiocarbonyl (C=S) groups is 1. The van der Waals surface area contributed by atoms with Gasteiger partial charge in [-0.25, -0.2) is 0 Å². The summed E-state index contributed by atoms with van der Waals surface area (Å²) in [6, 6.07) is 15.4. The van der Waals surface area contributed by atoms with Crippen molar-refractivity contribution in [3.63, 3.8) is 0 Å². The van der Waals surface area contributed by atoms with Gasteiger partial charge in [0, 0.05) is 41.9 Å². The Kier molecular flexibility index (Phi) is 6.34. The number of aryl methyl sites for hydroxylation is 1. The van der Waals surface area contributed by atoms with Crippen molar-refractivity contribution in [1.82, 2.24) is 9.88 Å². The third kappa shape index (κ3) is 4.13. The molecule has 2 amide bonds. The van der Waals surface area contributed by atoms with Gasteiger partial charge in [-0.1, -0.05) is 17.7 Å². The van der Waals surface area contributed by atoms with Crippen LogP contribution in [0.25, 0.3) is 11.8 Å². The van der Waals surface area contributed by atoms with Crippen molar-refractivity contribution in [3.05, 3.63) is 81.6 Å². The lowest BCUT2D eigenvalue weighted by molar-refractivity contribution is -0.122. The number of nitrogens with zero attached hydrogens (tertiary/aromatic N) is 3. The summed E-state index contributed by atoms with van der Waals surface area (Å²) in [6.07, 6.45) is 1.62. The summed E-state index contributed by atoms with van der Waals surface area (Å²) in [6.45, 7) is 5.77. The molecule has 0 aliphatic carbocycles. The van der Waals surface area contributed by atoms with Gasteiger partial charge >= 0.3 is 0 Å². The molecule has 6 nitrogen and oxygen atoms in total. The zero-order valence-electron chi connectivity index (χ0n) is 19.6. The summed E-state index contributed by atoms with van der Waals surface area (Å²) in [4.78, 5) is 29.6. The summed E-state index contributed by atoms with van der Waals surface area (Å²) in [5.41, 5.74) is 6.05. The van der Waals surface area contributed by atoms with E-state index >= 15 is 0 Å². The number of benzene rings is 2. The lowest BCUT2D eigenvalue weighted by Crippen LogP contribution is -2.54. The second kappa shape index (κ2) is 9.08. The van der Waals surface area contributed by atoms with Crippen LogP contribution >= 0.6 is 23.8 Å². The molecule has 1 aliphatic heterocycles. The van der Waals surface area contributed by atoms with Gasteiger partial charge in [-0.05, 0) is 92.7 Å². The maximum absolute atomic E-state index is 13.4. The number of amides is 2. The molecule has 0 unspecified atom stereocenters. The van der Waals surface area contributed by atoms with Gasteiger partial charge in [0.05, 0.1) is 5.69 Å². The van der Waals surface area contributed by atoms with Gasteiger partial charge in [0.25, 0.3) is 11.8 Å². The van der Waals surface area contributed by atoms with E-state index in [2.05, 4.69) is 22.0 Å². The predicted molar refractivity (Wildman–Crippen MR) is 142 cm³/mol. The van der Waals surface area contributed by atoms with Crippen LogP contribution in [0.1, 0.15) is 22.5 Å². The lowest BCUT2D eigenvalue weighted by Gasteiger charge is -2.30. The summed E-state index contributed by atoms with van der Waals surface area (Å²) in [7, 11) is 4.00. The van der Waals surface area contributed by atoms with E-state index < -0.39 is 11.8 Å². The quantitative estimate of drug-likeness (QED) is 0.318. The lowest BCUT2D eigenvalue weighted by atomic mass is 10.1. The highest BCUT2D eigenvalue weighted by Crippen LogP contribution is 2.30. The van der Waals surface area contributed by atoms with Crippen molar-refractivity contribution >= 4 is 58.2 Å². The molecular weight excluding hydrogens is 468 g/mol. The fourth-order valence-corrected chi connectivity index (χ4v) is 4.54. The third-order valence-corrected chi connectivity index (χ3v) is 6.67. The Balaban J connectivity index is 1.75. The number of carbonyl (C=O) groups is 2. The van der Waals surface area contributed by atoms with Crippen LogP contribution in [0.5, 0.6) is 0 Å². The van der Waals surface area contributed by atoms with E-state index in [1.165, 1.54) is 4.90 Å². The van der Waals surface area contributed by atoms with Crippen molar-refractivity contribution in [2.45, 2.75) is 20.8 Å². The fraction of sp³-hybridized carbons (Fsp3) is 0.192. The van der Waals surface area contributed by atoms with Crippen LogP contribution in [-0.4, -0.2) is 35.6 Å². The first-order valence-electron chi connectivity index (χ1n) is 10.7. The summed E-state index contributed by atoms with van der Waals surface area (Å²) in [5.74, 6) is -1.01. The Morgan fingerprint density at radius 1 is 1.03 bits per heavy atom. The van der Waals surface area contributed by atoms with Gasteiger partial charge in [-0.2, -0.15) is 0 Å². The van der Waals surface area contributed by atoms with Gasteiger partial charge < -0.3 is 9.47 Å². The van der Waals surface area contributed by atoms with Crippen LogP contribution in [0.15, 0.2) is 54.1 Å². The molecule has 0 atom stereocenters. The number of carbonyl (C=O) groups excluding carboxylic acids is 2. The minimum absolute atomic E-state index is 0.0104. The van der Waals surface area contributed by atoms with E-state index in [1.807, 2.05) is 58.0 Å². The Labute approximate surface area is 209 Å².